The Bertz CT molecular complexity index is 362. The summed E-state index contributed by atoms with van der Waals surface area (Å²) in [6.07, 6.45) is 0. The molecular weight excluding hydrogens is 192 g/mol. The summed E-state index contributed by atoms with van der Waals surface area (Å²) in [4.78, 5) is 10.4. The second-order valence-electron chi connectivity index (χ2n) is 4.00. The second kappa shape index (κ2) is 4.77. The summed E-state index contributed by atoms with van der Waals surface area (Å²) in [6.45, 7) is 6.75. The van der Waals surface area contributed by atoms with Gasteiger partial charge in [-0.3, -0.25) is 10.1 Å². The van der Waals surface area contributed by atoms with E-state index in [4.69, 9.17) is 0 Å². The summed E-state index contributed by atoms with van der Waals surface area (Å²) in [5.41, 5.74) is 1.69. The summed E-state index contributed by atoms with van der Waals surface area (Å²) in [5, 5.41) is 13.9. The predicted octanol–water partition coefficient (Wildman–Crippen LogP) is 2.97. The fourth-order valence-electron chi connectivity index (χ4n) is 1.34. The number of aryl methyl sites for hydroxylation is 1. The number of rotatable bonds is 4. The Morgan fingerprint density at radius 2 is 2.13 bits per heavy atom. The summed E-state index contributed by atoms with van der Waals surface area (Å²) in [6, 6.07) is 5.10. The van der Waals surface area contributed by atoms with E-state index in [1.165, 1.54) is 6.07 Å². The van der Waals surface area contributed by atoms with E-state index in [1.807, 2.05) is 13.0 Å². The van der Waals surface area contributed by atoms with Gasteiger partial charge in [0.05, 0.1) is 4.92 Å². The normalized spacial score (nSPS) is 10.4. The average Bonchev–Trinajstić information content (AvgIpc) is 2.15. The molecule has 82 valence electrons. The van der Waals surface area contributed by atoms with E-state index in [9.17, 15) is 10.1 Å². The van der Waals surface area contributed by atoms with E-state index in [2.05, 4.69) is 19.2 Å². The van der Waals surface area contributed by atoms with Gasteiger partial charge >= 0.3 is 0 Å². The number of nitrogens with zero attached hydrogens (tertiary/aromatic N) is 1. The minimum atomic E-state index is -0.352. The number of nitrogens with one attached hydrogen (secondary N) is 1. The van der Waals surface area contributed by atoms with Crippen LogP contribution in [0.1, 0.15) is 19.4 Å². The lowest BCUT2D eigenvalue weighted by molar-refractivity contribution is -0.384. The first-order chi connectivity index (χ1) is 7.02. The Morgan fingerprint density at radius 1 is 1.47 bits per heavy atom. The smallest absolute Gasteiger partial charge is 0.292 e. The summed E-state index contributed by atoms with van der Waals surface area (Å²) in [7, 11) is 0. The topological polar surface area (TPSA) is 55.2 Å². The number of nitro groups is 1. The third-order valence-corrected chi connectivity index (χ3v) is 2.13. The molecule has 0 unspecified atom stereocenters. The van der Waals surface area contributed by atoms with Crippen LogP contribution in [0.25, 0.3) is 0 Å². The first kappa shape index (κ1) is 11.5. The van der Waals surface area contributed by atoms with Crippen LogP contribution >= 0.6 is 0 Å². The van der Waals surface area contributed by atoms with Gasteiger partial charge < -0.3 is 5.32 Å². The Hall–Kier alpha value is -1.58. The number of anilines is 1. The number of para-hydroxylation sites is 1. The molecule has 4 nitrogen and oxygen atoms in total. The molecule has 0 heterocycles. The van der Waals surface area contributed by atoms with Crippen LogP contribution in [0.4, 0.5) is 11.4 Å². The van der Waals surface area contributed by atoms with Crippen LogP contribution in [0.2, 0.25) is 0 Å². The molecule has 1 rings (SSSR count). The summed E-state index contributed by atoms with van der Waals surface area (Å²) >= 11 is 0. The van der Waals surface area contributed by atoms with Crippen molar-refractivity contribution in [2.24, 2.45) is 5.92 Å². The lowest BCUT2D eigenvalue weighted by atomic mass is 10.1. The van der Waals surface area contributed by atoms with Crippen LogP contribution in [0, 0.1) is 23.0 Å². The van der Waals surface area contributed by atoms with Crippen LogP contribution in [0.5, 0.6) is 0 Å². The van der Waals surface area contributed by atoms with Crippen LogP contribution in [-0.2, 0) is 0 Å². The molecule has 0 aromatic heterocycles. The molecule has 1 N–H and O–H groups in total. The van der Waals surface area contributed by atoms with Crippen LogP contribution < -0.4 is 5.32 Å². The first-order valence-electron chi connectivity index (χ1n) is 5.00. The number of nitro benzene ring substituents is 1. The highest BCUT2D eigenvalue weighted by molar-refractivity contribution is 5.65. The Labute approximate surface area is 89.5 Å². The summed E-state index contributed by atoms with van der Waals surface area (Å²) < 4.78 is 0. The second-order valence-corrected chi connectivity index (χ2v) is 4.00. The van der Waals surface area contributed by atoms with E-state index in [1.54, 1.807) is 6.07 Å². The van der Waals surface area contributed by atoms with E-state index in [0.717, 1.165) is 12.1 Å². The van der Waals surface area contributed by atoms with Crippen LogP contribution in [0.3, 0.4) is 0 Å². The maximum absolute atomic E-state index is 10.8. The Morgan fingerprint density at radius 3 is 2.67 bits per heavy atom. The monoisotopic (exact) mass is 208 g/mol. The van der Waals surface area contributed by atoms with Gasteiger partial charge in [-0.15, -0.1) is 0 Å². The van der Waals surface area contributed by atoms with E-state index < -0.39 is 0 Å². The molecule has 0 fully saturated rings. The van der Waals surface area contributed by atoms with Crippen molar-refractivity contribution in [1.29, 1.82) is 0 Å². The van der Waals surface area contributed by atoms with E-state index in [-0.39, 0.29) is 10.6 Å². The van der Waals surface area contributed by atoms with Gasteiger partial charge in [-0.2, -0.15) is 0 Å². The average molecular weight is 208 g/mol. The standard InChI is InChI=1S/C11H16N2O2/c1-8(2)7-12-11-9(3)5-4-6-10(11)13(14)15/h4-6,8,12H,7H2,1-3H3. The number of benzene rings is 1. The molecular formula is C11H16N2O2. The zero-order chi connectivity index (χ0) is 11.4. The van der Waals surface area contributed by atoms with Gasteiger partial charge in [-0.25, -0.2) is 0 Å². The quantitative estimate of drug-likeness (QED) is 0.611. The van der Waals surface area contributed by atoms with Gasteiger partial charge in [0.15, 0.2) is 0 Å². The molecule has 0 aliphatic carbocycles. The maximum atomic E-state index is 10.8. The Balaban J connectivity index is 2.97. The van der Waals surface area contributed by atoms with Gasteiger partial charge in [0.25, 0.3) is 5.69 Å². The molecule has 0 aliphatic heterocycles. The van der Waals surface area contributed by atoms with Crippen molar-refractivity contribution in [3.05, 3.63) is 33.9 Å². The van der Waals surface area contributed by atoms with Crippen LogP contribution in [-0.4, -0.2) is 11.5 Å². The number of hydrogen-bond acceptors (Lipinski definition) is 3. The van der Waals surface area contributed by atoms with E-state index >= 15 is 0 Å². The molecule has 0 aliphatic rings. The molecule has 0 saturated carbocycles. The van der Waals surface area contributed by atoms with Crippen molar-refractivity contribution in [1.82, 2.24) is 0 Å². The van der Waals surface area contributed by atoms with E-state index in [0.29, 0.717) is 11.6 Å². The minimum Gasteiger partial charge on any atom is -0.379 e. The maximum Gasteiger partial charge on any atom is 0.292 e. The number of hydrogen-bond donors (Lipinski definition) is 1. The molecule has 4 heteroatoms. The molecule has 0 spiro atoms. The third kappa shape index (κ3) is 2.94. The van der Waals surface area contributed by atoms with Gasteiger partial charge in [0.2, 0.25) is 0 Å². The predicted molar refractivity (Wildman–Crippen MR) is 61.2 cm³/mol. The van der Waals surface area contributed by atoms with Crippen molar-refractivity contribution >= 4 is 11.4 Å². The van der Waals surface area contributed by atoms with Crippen molar-refractivity contribution in [2.45, 2.75) is 20.8 Å². The zero-order valence-corrected chi connectivity index (χ0v) is 9.28. The lowest BCUT2D eigenvalue weighted by Gasteiger charge is -2.11. The molecule has 0 bridgehead atoms. The summed E-state index contributed by atoms with van der Waals surface area (Å²) in [5.74, 6) is 0.462. The molecule has 0 saturated heterocycles. The molecule has 0 atom stereocenters. The molecule has 0 amide bonds. The minimum absolute atomic E-state index is 0.149. The van der Waals surface area contributed by atoms with Crippen molar-refractivity contribution in [2.75, 3.05) is 11.9 Å². The highest BCUT2D eigenvalue weighted by atomic mass is 16.6. The molecule has 1 aromatic carbocycles. The van der Waals surface area contributed by atoms with Gasteiger partial charge in [-0.1, -0.05) is 26.0 Å². The SMILES string of the molecule is Cc1cccc([N+](=O)[O-])c1NCC(C)C. The lowest BCUT2D eigenvalue weighted by Crippen LogP contribution is -2.10. The highest BCUT2D eigenvalue weighted by Crippen LogP contribution is 2.27. The molecule has 15 heavy (non-hydrogen) atoms. The van der Waals surface area contributed by atoms with Crippen LogP contribution in [0.15, 0.2) is 18.2 Å². The first-order valence-corrected chi connectivity index (χ1v) is 5.00. The van der Waals surface area contributed by atoms with Crippen molar-refractivity contribution in [3.8, 4) is 0 Å². The third-order valence-electron chi connectivity index (χ3n) is 2.13. The van der Waals surface area contributed by atoms with Crippen molar-refractivity contribution in [3.63, 3.8) is 0 Å². The fraction of sp³-hybridized carbons (Fsp3) is 0.455. The fourth-order valence-corrected chi connectivity index (χ4v) is 1.34. The van der Waals surface area contributed by atoms with Crippen molar-refractivity contribution < 1.29 is 4.92 Å². The molecule has 1 aromatic rings. The molecule has 0 radical (unpaired) electrons. The van der Waals surface area contributed by atoms with Gasteiger partial charge in [0.1, 0.15) is 5.69 Å². The highest BCUT2D eigenvalue weighted by Gasteiger charge is 2.14. The zero-order valence-electron chi connectivity index (χ0n) is 9.28. The van der Waals surface area contributed by atoms with Gasteiger partial charge in [0, 0.05) is 12.6 Å². The Kier molecular flexibility index (Phi) is 3.66. The van der Waals surface area contributed by atoms with Gasteiger partial charge in [-0.05, 0) is 18.4 Å². The largest absolute Gasteiger partial charge is 0.379 e.